The number of aryl methyl sites for hydroxylation is 1. The highest BCUT2D eigenvalue weighted by molar-refractivity contribution is 5.63. The molecule has 1 heterocycles. The topological polar surface area (TPSA) is 70.7 Å². The molecule has 0 aliphatic heterocycles. The zero-order chi connectivity index (χ0) is 22.3. The molecule has 6 nitrogen and oxygen atoms in total. The molecular weight excluding hydrogens is 397 g/mol. The molecule has 30 heavy (non-hydrogen) atoms. The largest absolute Gasteiger partial charge is 0.490 e. The van der Waals surface area contributed by atoms with Crippen molar-refractivity contribution in [1.29, 1.82) is 5.26 Å². The van der Waals surface area contributed by atoms with E-state index in [0.717, 1.165) is 18.7 Å². The average molecular weight is 420 g/mol. The minimum atomic E-state index is -4.44. The van der Waals surface area contributed by atoms with Gasteiger partial charge in [-0.1, -0.05) is 6.07 Å². The molecule has 0 bridgehead atoms. The Labute approximate surface area is 173 Å². The van der Waals surface area contributed by atoms with E-state index in [9.17, 15) is 18.4 Å². The van der Waals surface area contributed by atoms with E-state index in [0.29, 0.717) is 11.4 Å². The van der Waals surface area contributed by atoms with E-state index in [4.69, 9.17) is 9.47 Å². The van der Waals surface area contributed by atoms with E-state index >= 15 is 0 Å². The molecule has 0 aliphatic rings. The lowest BCUT2D eigenvalue weighted by molar-refractivity contribution is -0.137. The molecule has 2 aromatic rings. The summed E-state index contributed by atoms with van der Waals surface area (Å²) in [5.74, 6) is 0.201. The van der Waals surface area contributed by atoms with E-state index in [1.165, 1.54) is 12.1 Å². The summed E-state index contributed by atoms with van der Waals surface area (Å²) in [5.41, 5.74) is 0.545. The molecule has 2 rings (SSSR count). The summed E-state index contributed by atoms with van der Waals surface area (Å²) >= 11 is 0. The van der Waals surface area contributed by atoms with Crippen LogP contribution in [-0.4, -0.2) is 42.5 Å². The molecule has 9 heteroatoms. The number of nitrogens with zero attached hydrogens (tertiary/aromatic N) is 4. The Hall–Kier alpha value is -3.28. The lowest BCUT2D eigenvalue weighted by Gasteiger charge is -2.17. The molecule has 1 aromatic heterocycles. The first-order valence-corrected chi connectivity index (χ1v) is 9.27. The van der Waals surface area contributed by atoms with Crippen molar-refractivity contribution < 1.29 is 22.6 Å². The highest BCUT2D eigenvalue weighted by Crippen LogP contribution is 2.31. The number of pyridine rings is 1. The molecule has 0 spiro atoms. The van der Waals surface area contributed by atoms with Gasteiger partial charge in [-0.25, -0.2) is 9.98 Å². The van der Waals surface area contributed by atoms with Crippen molar-refractivity contribution in [2.24, 2.45) is 4.99 Å². The SMILES string of the molecule is CCN(C)/C=N/c1cc(C#N)c(OC(C)COc2cccc(C(F)(F)F)c2)nc1C. The van der Waals surface area contributed by atoms with Gasteiger partial charge >= 0.3 is 6.18 Å². The summed E-state index contributed by atoms with van der Waals surface area (Å²) < 4.78 is 49.5. The van der Waals surface area contributed by atoms with Gasteiger partial charge in [0.2, 0.25) is 5.88 Å². The average Bonchev–Trinajstić information content (AvgIpc) is 2.71. The third-order valence-electron chi connectivity index (χ3n) is 4.12. The van der Waals surface area contributed by atoms with Crippen molar-refractivity contribution >= 4 is 12.0 Å². The Bertz CT molecular complexity index is 939. The highest BCUT2D eigenvalue weighted by Gasteiger charge is 2.30. The number of aromatic nitrogens is 1. The standard InChI is InChI=1S/C21H23F3N4O2/c1-5-28(4)13-26-19-9-16(11-25)20(27-15(19)3)30-14(2)12-29-18-8-6-7-17(10-18)21(22,23)24/h6-10,13-14H,5,12H2,1-4H3/b26-13+. The number of benzene rings is 1. The number of nitriles is 1. The second kappa shape index (κ2) is 9.96. The fourth-order valence-electron chi connectivity index (χ4n) is 2.32. The molecule has 1 atom stereocenters. The molecular formula is C21H23F3N4O2. The molecule has 0 aliphatic carbocycles. The Kier molecular flexibility index (Phi) is 7.64. The number of ether oxygens (including phenoxy) is 2. The second-order valence-corrected chi connectivity index (χ2v) is 6.64. The molecule has 160 valence electrons. The van der Waals surface area contributed by atoms with Gasteiger partial charge in [-0.15, -0.1) is 0 Å². The molecule has 0 fully saturated rings. The monoisotopic (exact) mass is 420 g/mol. The van der Waals surface area contributed by atoms with Crippen LogP contribution in [0.2, 0.25) is 0 Å². The smallest absolute Gasteiger partial charge is 0.416 e. The van der Waals surface area contributed by atoms with Crippen molar-refractivity contribution in [3.63, 3.8) is 0 Å². The van der Waals surface area contributed by atoms with Crippen molar-refractivity contribution in [2.75, 3.05) is 20.2 Å². The Morgan fingerprint density at radius 3 is 2.70 bits per heavy atom. The van der Waals surface area contributed by atoms with Crippen molar-refractivity contribution in [3.05, 3.63) is 47.2 Å². The first-order chi connectivity index (χ1) is 14.1. The van der Waals surface area contributed by atoms with Crippen LogP contribution in [0.5, 0.6) is 11.6 Å². The first kappa shape index (κ1) is 23.0. The van der Waals surface area contributed by atoms with Crippen LogP contribution >= 0.6 is 0 Å². The minimum absolute atomic E-state index is 0.0197. The van der Waals surface area contributed by atoms with E-state index in [-0.39, 0.29) is 23.8 Å². The predicted octanol–water partition coefficient (Wildman–Crippen LogP) is 4.74. The predicted molar refractivity (Wildman–Crippen MR) is 107 cm³/mol. The second-order valence-electron chi connectivity index (χ2n) is 6.64. The van der Waals surface area contributed by atoms with Crippen LogP contribution < -0.4 is 9.47 Å². The Morgan fingerprint density at radius 2 is 2.07 bits per heavy atom. The maximum Gasteiger partial charge on any atom is 0.416 e. The number of alkyl halides is 3. The van der Waals surface area contributed by atoms with Gasteiger partial charge in [-0.3, -0.25) is 0 Å². The maximum absolute atomic E-state index is 12.8. The number of aliphatic imine (C=N–C) groups is 1. The third-order valence-corrected chi connectivity index (χ3v) is 4.12. The molecule has 0 saturated heterocycles. The van der Waals surface area contributed by atoms with Crippen molar-refractivity contribution in [3.8, 4) is 17.7 Å². The summed E-state index contributed by atoms with van der Waals surface area (Å²) in [7, 11) is 1.88. The van der Waals surface area contributed by atoms with Gasteiger partial charge in [-0.2, -0.15) is 18.4 Å². The van der Waals surface area contributed by atoms with Crippen LogP contribution in [0.1, 0.15) is 30.7 Å². The normalized spacial score (nSPS) is 12.5. The number of rotatable bonds is 8. The number of hydrogen-bond donors (Lipinski definition) is 0. The molecule has 0 radical (unpaired) electrons. The number of hydrogen-bond acceptors (Lipinski definition) is 5. The molecule has 0 N–H and O–H groups in total. The summed E-state index contributed by atoms with van der Waals surface area (Å²) in [6.07, 6.45) is -3.35. The summed E-state index contributed by atoms with van der Waals surface area (Å²) in [6.45, 7) is 6.17. The highest BCUT2D eigenvalue weighted by atomic mass is 19.4. The summed E-state index contributed by atoms with van der Waals surface area (Å²) in [5, 5.41) is 9.41. The van der Waals surface area contributed by atoms with Crippen LogP contribution in [0.25, 0.3) is 0 Å². The van der Waals surface area contributed by atoms with Crippen LogP contribution in [0.4, 0.5) is 18.9 Å². The molecule has 0 amide bonds. The van der Waals surface area contributed by atoms with Gasteiger partial charge < -0.3 is 14.4 Å². The molecule has 1 aromatic carbocycles. The van der Waals surface area contributed by atoms with Crippen LogP contribution in [0, 0.1) is 18.3 Å². The van der Waals surface area contributed by atoms with Crippen LogP contribution in [-0.2, 0) is 6.18 Å². The van der Waals surface area contributed by atoms with Gasteiger partial charge in [0.15, 0.2) is 0 Å². The molecule has 0 saturated carbocycles. The van der Waals surface area contributed by atoms with Gasteiger partial charge in [0.1, 0.15) is 30.1 Å². The fourth-order valence-corrected chi connectivity index (χ4v) is 2.32. The van der Waals surface area contributed by atoms with E-state index in [2.05, 4.69) is 9.98 Å². The zero-order valence-electron chi connectivity index (χ0n) is 17.2. The van der Waals surface area contributed by atoms with Gasteiger partial charge in [0.25, 0.3) is 0 Å². The third kappa shape index (κ3) is 6.37. The fraction of sp³-hybridized carbons (Fsp3) is 0.381. The maximum atomic E-state index is 12.8. The molecule has 1 unspecified atom stereocenters. The van der Waals surface area contributed by atoms with Crippen LogP contribution in [0.3, 0.4) is 0 Å². The Balaban J connectivity index is 2.08. The van der Waals surface area contributed by atoms with Gasteiger partial charge in [0, 0.05) is 13.6 Å². The number of halogens is 3. The van der Waals surface area contributed by atoms with Crippen molar-refractivity contribution in [1.82, 2.24) is 9.88 Å². The lowest BCUT2D eigenvalue weighted by atomic mass is 10.2. The summed E-state index contributed by atoms with van der Waals surface area (Å²) in [6, 6.07) is 8.22. The summed E-state index contributed by atoms with van der Waals surface area (Å²) in [4.78, 5) is 10.5. The van der Waals surface area contributed by atoms with Crippen molar-refractivity contribution in [2.45, 2.75) is 33.1 Å². The lowest BCUT2D eigenvalue weighted by Crippen LogP contribution is -2.22. The zero-order valence-corrected chi connectivity index (χ0v) is 17.2. The Morgan fingerprint density at radius 1 is 1.33 bits per heavy atom. The van der Waals surface area contributed by atoms with E-state index in [1.807, 2.05) is 24.9 Å². The minimum Gasteiger partial charge on any atom is -0.490 e. The van der Waals surface area contributed by atoms with E-state index < -0.39 is 17.8 Å². The van der Waals surface area contributed by atoms with E-state index in [1.54, 1.807) is 26.3 Å². The quantitative estimate of drug-likeness (QED) is 0.456. The first-order valence-electron chi connectivity index (χ1n) is 9.27. The van der Waals surface area contributed by atoms with Gasteiger partial charge in [0.05, 0.1) is 23.3 Å². The van der Waals surface area contributed by atoms with Crippen LogP contribution in [0.15, 0.2) is 35.3 Å². The van der Waals surface area contributed by atoms with Gasteiger partial charge in [-0.05, 0) is 45.0 Å².